The molecule has 0 spiro atoms. The molecule has 1 unspecified atom stereocenters. The number of ether oxygens (including phenoxy) is 3. The molecule has 3 N–H and O–H groups in total. The van der Waals surface area contributed by atoms with Gasteiger partial charge in [0.25, 0.3) is 0 Å². The van der Waals surface area contributed by atoms with Crippen molar-refractivity contribution in [3.05, 3.63) is 17.7 Å². The number of nitrogens with two attached hydrogens (primary N) is 1. The van der Waals surface area contributed by atoms with Gasteiger partial charge >= 0.3 is 0 Å². The molecule has 0 heterocycles. The Morgan fingerprint density at radius 1 is 1.05 bits per heavy atom. The first-order valence-electron chi connectivity index (χ1n) is 6.35. The zero-order chi connectivity index (χ0) is 14.0. The molecule has 2 rings (SSSR count). The molecule has 0 bridgehead atoms. The van der Waals surface area contributed by atoms with Gasteiger partial charge in [-0.3, -0.25) is 0 Å². The second kappa shape index (κ2) is 5.27. The molecular formula is C14H22N2O3. The summed E-state index contributed by atoms with van der Waals surface area (Å²) in [6.45, 7) is 0. The van der Waals surface area contributed by atoms with Gasteiger partial charge in [-0.2, -0.15) is 0 Å². The molecule has 106 valence electrons. The molecular weight excluding hydrogens is 244 g/mol. The van der Waals surface area contributed by atoms with E-state index in [1.807, 2.05) is 19.2 Å². The Balaban J connectivity index is 2.48. The van der Waals surface area contributed by atoms with Crippen LogP contribution in [0.4, 0.5) is 0 Å². The lowest BCUT2D eigenvalue weighted by Crippen LogP contribution is -2.38. The quantitative estimate of drug-likeness (QED) is 0.816. The summed E-state index contributed by atoms with van der Waals surface area (Å²) in [4.78, 5) is 0. The lowest BCUT2D eigenvalue weighted by Gasteiger charge is -2.26. The summed E-state index contributed by atoms with van der Waals surface area (Å²) in [5.74, 6) is 2.09. The predicted molar refractivity (Wildman–Crippen MR) is 74.1 cm³/mol. The number of hydrogen-bond acceptors (Lipinski definition) is 5. The van der Waals surface area contributed by atoms with Crippen LogP contribution in [0, 0.1) is 0 Å². The van der Waals surface area contributed by atoms with Crippen molar-refractivity contribution in [2.45, 2.75) is 24.4 Å². The maximum atomic E-state index is 6.33. The van der Waals surface area contributed by atoms with Crippen LogP contribution in [-0.4, -0.2) is 33.9 Å². The van der Waals surface area contributed by atoms with Gasteiger partial charge in [0.1, 0.15) is 5.75 Å². The summed E-state index contributed by atoms with van der Waals surface area (Å²) in [6, 6.07) is 3.82. The second-order valence-electron chi connectivity index (χ2n) is 4.90. The van der Waals surface area contributed by atoms with Gasteiger partial charge in [0.2, 0.25) is 0 Å². The average Bonchev–Trinajstić information content (AvgIpc) is 3.17. The third-order valence-electron chi connectivity index (χ3n) is 3.74. The summed E-state index contributed by atoms with van der Waals surface area (Å²) in [5.41, 5.74) is 7.14. The highest BCUT2D eigenvalue weighted by Gasteiger charge is 2.47. The summed E-state index contributed by atoms with van der Waals surface area (Å²) < 4.78 is 16.1. The van der Waals surface area contributed by atoms with Crippen LogP contribution < -0.4 is 25.3 Å². The third kappa shape index (κ3) is 2.48. The van der Waals surface area contributed by atoms with E-state index in [2.05, 4.69) is 5.32 Å². The van der Waals surface area contributed by atoms with Gasteiger partial charge in [0.05, 0.1) is 27.4 Å². The van der Waals surface area contributed by atoms with Gasteiger partial charge in [-0.1, -0.05) is 0 Å². The van der Waals surface area contributed by atoms with Gasteiger partial charge in [-0.25, -0.2) is 0 Å². The first-order valence-corrected chi connectivity index (χ1v) is 6.35. The number of hydrogen-bond donors (Lipinski definition) is 2. The number of nitrogens with one attached hydrogen (secondary N) is 1. The second-order valence-corrected chi connectivity index (χ2v) is 4.90. The van der Waals surface area contributed by atoms with E-state index in [-0.39, 0.29) is 11.6 Å². The highest BCUT2D eigenvalue weighted by Crippen LogP contribution is 2.47. The number of likely N-dealkylation sites (N-methyl/N-ethyl adjacent to an activating group) is 1. The van der Waals surface area contributed by atoms with E-state index in [0.29, 0.717) is 11.5 Å². The van der Waals surface area contributed by atoms with Crippen molar-refractivity contribution in [2.75, 3.05) is 28.4 Å². The van der Waals surface area contributed by atoms with Crippen LogP contribution in [0.3, 0.4) is 0 Å². The Kier molecular flexibility index (Phi) is 3.87. The van der Waals surface area contributed by atoms with E-state index in [9.17, 15) is 0 Å². The van der Waals surface area contributed by atoms with E-state index in [1.54, 1.807) is 21.3 Å². The topological polar surface area (TPSA) is 65.7 Å². The van der Waals surface area contributed by atoms with Gasteiger partial charge in [-0.05, 0) is 26.0 Å². The highest BCUT2D eigenvalue weighted by molar-refractivity contribution is 5.53. The number of rotatable bonds is 6. The first kappa shape index (κ1) is 14.0. The average molecular weight is 266 g/mol. The Morgan fingerprint density at radius 3 is 2.00 bits per heavy atom. The third-order valence-corrected chi connectivity index (χ3v) is 3.74. The molecule has 0 aliphatic heterocycles. The predicted octanol–water partition coefficient (Wildman–Crippen LogP) is 1.46. The smallest absolute Gasteiger partial charge is 0.164 e. The summed E-state index contributed by atoms with van der Waals surface area (Å²) >= 11 is 0. The van der Waals surface area contributed by atoms with Crippen molar-refractivity contribution < 1.29 is 14.2 Å². The Bertz CT molecular complexity index is 458. The minimum Gasteiger partial charge on any atom is -0.496 e. The standard InChI is InChI=1S/C14H22N2O3/c1-16-13(14(15)5-6-14)9-7-11(18-3)12(19-4)8-10(9)17-2/h7-8,13,16H,5-6,15H2,1-4H3. The van der Waals surface area contributed by atoms with Gasteiger partial charge < -0.3 is 25.3 Å². The summed E-state index contributed by atoms with van der Waals surface area (Å²) in [5, 5.41) is 3.28. The van der Waals surface area contributed by atoms with Crippen LogP contribution in [-0.2, 0) is 0 Å². The monoisotopic (exact) mass is 266 g/mol. The summed E-state index contributed by atoms with van der Waals surface area (Å²) in [6.07, 6.45) is 2.02. The highest BCUT2D eigenvalue weighted by atomic mass is 16.5. The van der Waals surface area contributed by atoms with Crippen LogP contribution >= 0.6 is 0 Å². The van der Waals surface area contributed by atoms with E-state index >= 15 is 0 Å². The molecule has 1 saturated carbocycles. The van der Waals surface area contributed by atoms with E-state index < -0.39 is 0 Å². The van der Waals surface area contributed by atoms with Crippen LogP contribution in [0.15, 0.2) is 12.1 Å². The van der Waals surface area contributed by atoms with Crippen molar-refractivity contribution >= 4 is 0 Å². The molecule has 1 aromatic rings. The fourth-order valence-electron chi connectivity index (χ4n) is 2.46. The lowest BCUT2D eigenvalue weighted by atomic mass is 9.96. The molecule has 19 heavy (non-hydrogen) atoms. The van der Waals surface area contributed by atoms with E-state index in [1.165, 1.54) is 0 Å². The van der Waals surface area contributed by atoms with Crippen LogP contribution in [0.25, 0.3) is 0 Å². The zero-order valence-electron chi connectivity index (χ0n) is 11.9. The SMILES string of the molecule is CNC(c1cc(OC)c(OC)cc1OC)C1(N)CC1. The van der Waals surface area contributed by atoms with Crippen molar-refractivity contribution in [1.29, 1.82) is 0 Å². The number of methoxy groups -OCH3 is 3. The molecule has 1 aliphatic carbocycles. The van der Waals surface area contributed by atoms with Crippen molar-refractivity contribution in [2.24, 2.45) is 5.73 Å². The Hall–Kier alpha value is -1.46. The Morgan fingerprint density at radius 2 is 1.58 bits per heavy atom. The van der Waals surface area contributed by atoms with Crippen LogP contribution in [0.2, 0.25) is 0 Å². The molecule has 1 aromatic carbocycles. The van der Waals surface area contributed by atoms with Crippen LogP contribution in [0.5, 0.6) is 17.2 Å². The minimum absolute atomic E-state index is 0.0438. The fraction of sp³-hybridized carbons (Fsp3) is 0.571. The maximum Gasteiger partial charge on any atom is 0.164 e. The first-order chi connectivity index (χ1) is 9.09. The van der Waals surface area contributed by atoms with Gasteiger partial charge in [0, 0.05) is 17.2 Å². The molecule has 0 amide bonds. The lowest BCUT2D eigenvalue weighted by molar-refractivity contribution is 0.342. The molecule has 1 atom stereocenters. The van der Waals surface area contributed by atoms with E-state index in [0.717, 1.165) is 24.2 Å². The van der Waals surface area contributed by atoms with Crippen molar-refractivity contribution in [1.82, 2.24) is 5.32 Å². The molecule has 5 heteroatoms. The fourth-order valence-corrected chi connectivity index (χ4v) is 2.46. The van der Waals surface area contributed by atoms with Crippen molar-refractivity contribution in [3.8, 4) is 17.2 Å². The minimum atomic E-state index is -0.193. The maximum absolute atomic E-state index is 6.33. The molecule has 0 radical (unpaired) electrons. The van der Waals surface area contributed by atoms with Crippen LogP contribution in [0.1, 0.15) is 24.4 Å². The van der Waals surface area contributed by atoms with Gasteiger partial charge in [-0.15, -0.1) is 0 Å². The number of benzene rings is 1. The molecule has 0 aromatic heterocycles. The van der Waals surface area contributed by atoms with Gasteiger partial charge in [0.15, 0.2) is 11.5 Å². The normalized spacial score (nSPS) is 17.7. The molecule has 0 saturated heterocycles. The summed E-state index contributed by atoms with van der Waals surface area (Å²) in [7, 11) is 6.79. The Labute approximate surface area is 114 Å². The van der Waals surface area contributed by atoms with Crippen molar-refractivity contribution in [3.63, 3.8) is 0 Å². The largest absolute Gasteiger partial charge is 0.496 e. The zero-order valence-corrected chi connectivity index (χ0v) is 11.9. The molecule has 1 fully saturated rings. The van der Waals surface area contributed by atoms with E-state index in [4.69, 9.17) is 19.9 Å². The molecule has 1 aliphatic rings. The molecule has 5 nitrogen and oxygen atoms in total.